The number of hydrogen-bond acceptors (Lipinski definition) is 5. The van der Waals surface area contributed by atoms with E-state index in [0.717, 1.165) is 18.7 Å². The maximum atomic E-state index is 12.7. The van der Waals surface area contributed by atoms with Crippen LogP contribution >= 0.6 is 0 Å². The van der Waals surface area contributed by atoms with Gasteiger partial charge in [0.1, 0.15) is 0 Å². The molecule has 1 fully saturated rings. The molecule has 0 N–H and O–H groups in total. The van der Waals surface area contributed by atoms with Crippen LogP contribution in [0.3, 0.4) is 0 Å². The third-order valence-electron chi connectivity index (χ3n) is 5.10. The Balaban J connectivity index is 1.47. The van der Waals surface area contributed by atoms with Crippen LogP contribution in [-0.2, 0) is 4.74 Å². The van der Waals surface area contributed by atoms with Gasteiger partial charge in [-0.3, -0.25) is 14.5 Å². The minimum absolute atomic E-state index is 0.151. The van der Waals surface area contributed by atoms with Crippen LogP contribution in [0.4, 0.5) is 5.69 Å². The Kier molecular flexibility index (Phi) is 4.39. The number of ether oxygens (including phenoxy) is 1. The molecule has 2 aromatic rings. The van der Waals surface area contributed by atoms with Gasteiger partial charge in [0.2, 0.25) is 0 Å². The van der Waals surface area contributed by atoms with Crippen LogP contribution in [0, 0.1) is 0 Å². The zero-order valence-electron chi connectivity index (χ0n) is 15.1. The Labute approximate surface area is 157 Å². The van der Waals surface area contributed by atoms with Gasteiger partial charge in [0.05, 0.1) is 29.3 Å². The van der Waals surface area contributed by atoms with Crippen LogP contribution < -0.4 is 4.90 Å². The zero-order valence-corrected chi connectivity index (χ0v) is 15.1. The van der Waals surface area contributed by atoms with E-state index in [9.17, 15) is 14.4 Å². The van der Waals surface area contributed by atoms with Crippen molar-refractivity contribution < 1.29 is 19.1 Å². The van der Waals surface area contributed by atoms with Crippen molar-refractivity contribution in [3.05, 3.63) is 65.2 Å². The summed E-state index contributed by atoms with van der Waals surface area (Å²) >= 11 is 0. The highest BCUT2D eigenvalue weighted by Gasteiger charge is 2.42. The van der Waals surface area contributed by atoms with Crippen molar-refractivity contribution in [3.8, 4) is 0 Å². The summed E-state index contributed by atoms with van der Waals surface area (Å²) in [6, 6.07) is 14.0. The Hall–Kier alpha value is -3.15. The van der Waals surface area contributed by atoms with E-state index in [1.807, 2.05) is 12.1 Å². The summed E-state index contributed by atoms with van der Waals surface area (Å²) in [7, 11) is 0. The number of amides is 2. The first-order valence-electron chi connectivity index (χ1n) is 9.09. The van der Waals surface area contributed by atoms with Gasteiger partial charge in [-0.25, -0.2) is 4.79 Å². The second-order valence-corrected chi connectivity index (χ2v) is 6.68. The summed E-state index contributed by atoms with van der Waals surface area (Å²) < 4.78 is 5.00. The fourth-order valence-electron chi connectivity index (χ4n) is 3.75. The third kappa shape index (κ3) is 2.97. The molecule has 6 nitrogen and oxygen atoms in total. The highest BCUT2D eigenvalue weighted by Crippen LogP contribution is 2.30. The van der Waals surface area contributed by atoms with Gasteiger partial charge in [-0.2, -0.15) is 0 Å². The van der Waals surface area contributed by atoms with Crippen LogP contribution in [0.2, 0.25) is 0 Å². The number of carbonyl (C=O) groups is 3. The largest absolute Gasteiger partial charge is 0.462 e. The van der Waals surface area contributed by atoms with Gasteiger partial charge in [-0.05, 0) is 49.7 Å². The van der Waals surface area contributed by atoms with Crippen molar-refractivity contribution in [1.82, 2.24) is 4.90 Å². The van der Waals surface area contributed by atoms with Gasteiger partial charge < -0.3 is 9.64 Å². The molecule has 6 heteroatoms. The molecule has 2 aliphatic heterocycles. The molecule has 0 radical (unpaired) electrons. The number of hydrogen-bond donors (Lipinski definition) is 0. The fourth-order valence-corrected chi connectivity index (χ4v) is 3.75. The second-order valence-electron chi connectivity index (χ2n) is 6.68. The normalized spacial score (nSPS) is 18.8. The Bertz CT molecular complexity index is 872. The maximum Gasteiger partial charge on any atom is 0.338 e. The van der Waals surface area contributed by atoms with Gasteiger partial charge >= 0.3 is 5.97 Å². The molecule has 138 valence electrons. The lowest BCUT2D eigenvalue weighted by Crippen LogP contribution is -2.41. The smallest absolute Gasteiger partial charge is 0.338 e. The van der Waals surface area contributed by atoms with Crippen molar-refractivity contribution in [3.63, 3.8) is 0 Å². The summed E-state index contributed by atoms with van der Waals surface area (Å²) in [6.07, 6.45) is 0.727. The average molecular weight is 364 g/mol. The molecule has 2 aliphatic rings. The van der Waals surface area contributed by atoms with E-state index in [1.54, 1.807) is 43.3 Å². The summed E-state index contributed by atoms with van der Waals surface area (Å²) in [5.41, 5.74) is 2.44. The molecule has 0 unspecified atom stereocenters. The topological polar surface area (TPSA) is 66.9 Å². The predicted molar refractivity (Wildman–Crippen MR) is 100.0 cm³/mol. The third-order valence-corrected chi connectivity index (χ3v) is 5.10. The highest BCUT2D eigenvalue weighted by atomic mass is 16.5. The molecule has 0 spiro atoms. The van der Waals surface area contributed by atoms with Crippen molar-refractivity contribution in [2.24, 2.45) is 0 Å². The number of carbonyl (C=O) groups excluding carboxylic acids is 3. The van der Waals surface area contributed by atoms with Gasteiger partial charge in [0.15, 0.2) is 0 Å². The molecule has 0 saturated carbocycles. The molecule has 2 amide bonds. The first-order valence-corrected chi connectivity index (χ1v) is 9.09. The number of nitrogens with zero attached hydrogens (tertiary/aromatic N) is 2. The predicted octanol–water partition coefficient (Wildman–Crippen LogP) is 2.74. The number of esters is 1. The van der Waals surface area contributed by atoms with Crippen LogP contribution in [0.5, 0.6) is 0 Å². The molecule has 2 heterocycles. The lowest BCUT2D eigenvalue weighted by molar-refractivity contribution is 0.0524. The SMILES string of the molecule is CCOC(=O)c1ccc(N2CC[C@@H](N3C(=O)c4ccccc4C3=O)C2)cc1. The lowest BCUT2D eigenvalue weighted by Gasteiger charge is -2.23. The van der Waals surface area contributed by atoms with Crippen molar-refractivity contribution in [2.45, 2.75) is 19.4 Å². The number of rotatable bonds is 4. The standard InChI is InChI=1S/C21H20N2O4/c1-2-27-21(26)14-7-9-15(10-8-14)22-12-11-16(13-22)23-19(24)17-5-3-4-6-18(17)20(23)25/h3-10,16H,2,11-13H2,1H3/t16-/m1/s1. The minimum atomic E-state index is -0.339. The van der Waals surface area contributed by atoms with Gasteiger partial charge in [0.25, 0.3) is 11.8 Å². The number of anilines is 1. The molecule has 0 aliphatic carbocycles. The van der Waals surface area contributed by atoms with Crippen molar-refractivity contribution >= 4 is 23.5 Å². The summed E-state index contributed by atoms with van der Waals surface area (Å²) in [5, 5.41) is 0. The van der Waals surface area contributed by atoms with E-state index in [0.29, 0.717) is 29.8 Å². The molecular formula is C21H20N2O4. The van der Waals surface area contributed by atoms with E-state index in [4.69, 9.17) is 4.74 Å². The van der Waals surface area contributed by atoms with Crippen LogP contribution in [0.1, 0.15) is 44.4 Å². The number of fused-ring (bicyclic) bond motifs is 1. The van der Waals surface area contributed by atoms with Crippen LogP contribution in [0.15, 0.2) is 48.5 Å². The molecule has 1 saturated heterocycles. The molecule has 4 rings (SSSR count). The molecule has 0 bridgehead atoms. The van der Waals surface area contributed by atoms with Gasteiger partial charge in [-0.1, -0.05) is 12.1 Å². The van der Waals surface area contributed by atoms with Gasteiger partial charge in [0, 0.05) is 18.8 Å². The Morgan fingerprint density at radius 2 is 1.67 bits per heavy atom. The molecule has 0 aromatic heterocycles. The zero-order chi connectivity index (χ0) is 19.0. The maximum absolute atomic E-state index is 12.7. The lowest BCUT2D eigenvalue weighted by atomic mass is 10.1. The second kappa shape index (κ2) is 6.87. The van der Waals surface area contributed by atoms with Gasteiger partial charge in [-0.15, -0.1) is 0 Å². The quantitative estimate of drug-likeness (QED) is 0.616. The van der Waals surface area contributed by atoms with Crippen LogP contribution in [-0.4, -0.2) is 48.4 Å². The first kappa shape index (κ1) is 17.3. The summed E-state index contributed by atoms with van der Waals surface area (Å²) in [5.74, 6) is -0.755. The van der Waals surface area contributed by atoms with E-state index < -0.39 is 0 Å². The highest BCUT2D eigenvalue weighted by molar-refractivity contribution is 6.21. The minimum Gasteiger partial charge on any atom is -0.462 e. The van der Waals surface area contributed by atoms with Crippen molar-refractivity contribution in [1.29, 1.82) is 0 Å². The Morgan fingerprint density at radius 1 is 1.04 bits per heavy atom. The van der Waals surface area contributed by atoms with Crippen LogP contribution in [0.25, 0.3) is 0 Å². The summed E-state index contributed by atoms with van der Waals surface area (Å²) in [6.45, 7) is 3.45. The average Bonchev–Trinajstić information content (AvgIpc) is 3.26. The molecular weight excluding hydrogens is 344 g/mol. The molecule has 27 heavy (non-hydrogen) atoms. The van der Waals surface area contributed by atoms with E-state index in [1.165, 1.54) is 4.90 Å². The van der Waals surface area contributed by atoms with E-state index in [2.05, 4.69) is 4.90 Å². The first-order chi connectivity index (χ1) is 13.1. The van der Waals surface area contributed by atoms with Crippen molar-refractivity contribution in [2.75, 3.05) is 24.6 Å². The number of imide groups is 1. The summed E-state index contributed by atoms with van der Waals surface area (Å²) in [4.78, 5) is 40.6. The molecule has 2 aromatic carbocycles. The Morgan fingerprint density at radius 3 is 2.26 bits per heavy atom. The monoisotopic (exact) mass is 364 g/mol. The number of benzene rings is 2. The molecule has 1 atom stereocenters. The van der Waals surface area contributed by atoms with E-state index >= 15 is 0 Å². The fraction of sp³-hybridized carbons (Fsp3) is 0.286. The van der Waals surface area contributed by atoms with E-state index in [-0.39, 0.29) is 23.8 Å².